The maximum absolute atomic E-state index is 5.93. The Morgan fingerprint density at radius 2 is 1.87 bits per heavy atom. The van der Waals surface area contributed by atoms with Crippen LogP contribution in [0.25, 0.3) is 0 Å². The van der Waals surface area contributed by atoms with Crippen LogP contribution >= 0.6 is 0 Å². The van der Waals surface area contributed by atoms with Crippen LogP contribution in [0.5, 0.6) is 0 Å². The van der Waals surface area contributed by atoms with Crippen molar-refractivity contribution < 1.29 is 9.47 Å². The summed E-state index contributed by atoms with van der Waals surface area (Å²) in [6.45, 7) is 1.58. The molecule has 0 bridgehead atoms. The third-order valence-corrected chi connectivity index (χ3v) is 4.18. The highest BCUT2D eigenvalue weighted by molar-refractivity contribution is 5.04. The summed E-state index contributed by atoms with van der Waals surface area (Å²) in [5.41, 5.74) is 0. The highest BCUT2D eigenvalue weighted by Crippen LogP contribution is 2.46. The topological polar surface area (TPSA) is 18.5 Å². The number of hydrogen-bond acceptors (Lipinski definition) is 2. The second-order valence-corrected chi connectivity index (χ2v) is 5.05. The van der Waals surface area contributed by atoms with E-state index < -0.39 is 0 Å². The molecule has 2 nitrogen and oxygen atoms in total. The van der Waals surface area contributed by atoms with Gasteiger partial charge in [-0.3, -0.25) is 0 Å². The summed E-state index contributed by atoms with van der Waals surface area (Å²) in [4.78, 5) is 0. The van der Waals surface area contributed by atoms with Crippen molar-refractivity contribution in [3.05, 3.63) is 12.2 Å². The molecule has 2 aliphatic carbocycles. The third-order valence-electron chi connectivity index (χ3n) is 4.18. The van der Waals surface area contributed by atoms with Crippen LogP contribution in [0.15, 0.2) is 12.2 Å². The molecule has 1 spiro atoms. The molecule has 0 radical (unpaired) electrons. The molecule has 0 aromatic carbocycles. The predicted molar refractivity (Wildman–Crippen MR) is 58.5 cm³/mol. The van der Waals surface area contributed by atoms with Crippen LogP contribution in [0, 0.1) is 11.8 Å². The first kappa shape index (κ1) is 9.86. The van der Waals surface area contributed by atoms with Gasteiger partial charge in [0.1, 0.15) is 0 Å². The first-order valence-corrected chi connectivity index (χ1v) is 6.35. The van der Waals surface area contributed by atoms with E-state index in [1.807, 2.05) is 0 Å². The summed E-state index contributed by atoms with van der Waals surface area (Å²) in [6, 6.07) is 0. The average Bonchev–Trinajstić information content (AvgIpc) is 2.57. The Morgan fingerprint density at radius 1 is 1.07 bits per heavy atom. The van der Waals surface area contributed by atoms with Crippen LogP contribution in [0.4, 0.5) is 0 Å². The zero-order valence-corrected chi connectivity index (χ0v) is 9.28. The van der Waals surface area contributed by atoms with Gasteiger partial charge in [0, 0.05) is 12.3 Å². The normalized spacial score (nSPS) is 38.9. The van der Waals surface area contributed by atoms with Gasteiger partial charge in [0.2, 0.25) is 0 Å². The van der Waals surface area contributed by atoms with Gasteiger partial charge in [-0.05, 0) is 38.0 Å². The molecule has 1 aliphatic heterocycles. The molecule has 0 amide bonds. The second-order valence-electron chi connectivity index (χ2n) is 5.05. The Labute approximate surface area is 91.6 Å². The molecular formula is C13H20O2. The molecule has 3 aliphatic rings. The van der Waals surface area contributed by atoms with E-state index in [0.29, 0.717) is 5.92 Å². The number of rotatable bonds is 0. The van der Waals surface area contributed by atoms with Gasteiger partial charge >= 0.3 is 0 Å². The van der Waals surface area contributed by atoms with E-state index in [1.54, 1.807) is 0 Å². The van der Waals surface area contributed by atoms with Gasteiger partial charge in [0.05, 0.1) is 13.2 Å². The molecular weight excluding hydrogens is 188 g/mol. The number of fused-ring (bicyclic) bond motifs is 2. The van der Waals surface area contributed by atoms with Gasteiger partial charge in [-0.2, -0.15) is 0 Å². The highest BCUT2D eigenvalue weighted by Gasteiger charge is 2.48. The molecule has 15 heavy (non-hydrogen) atoms. The van der Waals surface area contributed by atoms with Crippen molar-refractivity contribution >= 4 is 0 Å². The SMILES string of the molecule is C1=CC2[C@@H](CCC1)CCCC21OCCO1. The first-order valence-electron chi connectivity index (χ1n) is 6.35. The Kier molecular flexibility index (Phi) is 2.57. The summed E-state index contributed by atoms with van der Waals surface area (Å²) in [7, 11) is 0. The summed E-state index contributed by atoms with van der Waals surface area (Å²) < 4.78 is 11.9. The van der Waals surface area contributed by atoms with E-state index in [9.17, 15) is 0 Å². The van der Waals surface area contributed by atoms with Crippen molar-refractivity contribution in [1.82, 2.24) is 0 Å². The Balaban J connectivity index is 1.87. The van der Waals surface area contributed by atoms with Crippen LogP contribution in [-0.4, -0.2) is 19.0 Å². The quantitative estimate of drug-likeness (QED) is 0.570. The van der Waals surface area contributed by atoms with Crippen LogP contribution in [0.3, 0.4) is 0 Å². The predicted octanol–water partition coefficient (Wildman–Crippen LogP) is 2.89. The Hall–Kier alpha value is -0.340. The van der Waals surface area contributed by atoms with Crippen molar-refractivity contribution in [2.24, 2.45) is 11.8 Å². The minimum absolute atomic E-state index is 0.232. The van der Waals surface area contributed by atoms with Crippen LogP contribution < -0.4 is 0 Å². The van der Waals surface area contributed by atoms with Crippen molar-refractivity contribution in [3.63, 3.8) is 0 Å². The van der Waals surface area contributed by atoms with E-state index in [4.69, 9.17) is 9.47 Å². The molecule has 2 fully saturated rings. The van der Waals surface area contributed by atoms with E-state index >= 15 is 0 Å². The fourth-order valence-corrected chi connectivity index (χ4v) is 3.49. The minimum atomic E-state index is -0.232. The lowest BCUT2D eigenvalue weighted by molar-refractivity contribution is -0.213. The maximum atomic E-state index is 5.93. The Bertz CT molecular complexity index is 253. The van der Waals surface area contributed by atoms with Crippen molar-refractivity contribution in [2.45, 2.75) is 44.3 Å². The molecule has 1 unspecified atom stereocenters. The van der Waals surface area contributed by atoms with Crippen molar-refractivity contribution in [3.8, 4) is 0 Å². The van der Waals surface area contributed by atoms with Gasteiger partial charge in [-0.1, -0.05) is 12.2 Å². The number of hydrogen-bond donors (Lipinski definition) is 0. The summed E-state index contributed by atoms with van der Waals surface area (Å²) in [5.74, 6) is 1.09. The summed E-state index contributed by atoms with van der Waals surface area (Å²) in [5, 5.41) is 0. The lowest BCUT2D eigenvalue weighted by Crippen LogP contribution is -2.45. The van der Waals surface area contributed by atoms with Gasteiger partial charge in [0.25, 0.3) is 0 Å². The van der Waals surface area contributed by atoms with E-state index in [-0.39, 0.29) is 5.79 Å². The monoisotopic (exact) mass is 208 g/mol. The summed E-state index contributed by atoms with van der Waals surface area (Å²) >= 11 is 0. The second kappa shape index (κ2) is 3.91. The average molecular weight is 208 g/mol. The van der Waals surface area contributed by atoms with Crippen LogP contribution in [0.1, 0.15) is 38.5 Å². The molecule has 2 atom stereocenters. The van der Waals surface area contributed by atoms with Gasteiger partial charge in [-0.25, -0.2) is 0 Å². The standard InChI is InChI=1S/C13H20O2/c1-2-5-11-6-4-8-13(12(11)7-3-1)14-9-10-15-13/h3,7,11-12H,1-2,4-6,8-10H2/t11-,12?/m0/s1. The smallest absolute Gasteiger partial charge is 0.174 e. The maximum Gasteiger partial charge on any atom is 0.174 e. The van der Waals surface area contributed by atoms with Crippen LogP contribution in [-0.2, 0) is 9.47 Å². The van der Waals surface area contributed by atoms with Crippen molar-refractivity contribution in [1.29, 1.82) is 0 Å². The Morgan fingerprint density at radius 3 is 2.73 bits per heavy atom. The molecule has 84 valence electrons. The highest BCUT2D eigenvalue weighted by atomic mass is 16.7. The zero-order chi connectivity index (χ0) is 10.1. The largest absolute Gasteiger partial charge is 0.347 e. The molecule has 0 N–H and O–H groups in total. The lowest BCUT2D eigenvalue weighted by Gasteiger charge is -2.42. The van der Waals surface area contributed by atoms with Gasteiger partial charge in [0.15, 0.2) is 5.79 Å². The first-order chi connectivity index (χ1) is 7.41. The van der Waals surface area contributed by atoms with E-state index in [1.165, 1.54) is 32.1 Å². The lowest BCUT2D eigenvalue weighted by atomic mass is 9.73. The number of ether oxygens (including phenoxy) is 2. The van der Waals surface area contributed by atoms with Gasteiger partial charge in [-0.15, -0.1) is 0 Å². The van der Waals surface area contributed by atoms with E-state index in [2.05, 4.69) is 12.2 Å². The molecule has 1 heterocycles. The fraction of sp³-hybridized carbons (Fsp3) is 0.846. The number of allylic oxidation sites excluding steroid dienone is 1. The minimum Gasteiger partial charge on any atom is -0.347 e. The molecule has 0 aromatic rings. The van der Waals surface area contributed by atoms with Crippen LogP contribution in [0.2, 0.25) is 0 Å². The fourth-order valence-electron chi connectivity index (χ4n) is 3.49. The summed E-state index contributed by atoms with van der Waals surface area (Å²) in [6.07, 6.45) is 12.4. The molecule has 3 rings (SSSR count). The molecule has 1 saturated carbocycles. The van der Waals surface area contributed by atoms with E-state index in [0.717, 1.165) is 25.6 Å². The molecule has 1 saturated heterocycles. The van der Waals surface area contributed by atoms with Crippen molar-refractivity contribution in [2.75, 3.05) is 13.2 Å². The van der Waals surface area contributed by atoms with Gasteiger partial charge < -0.3 is 9.47 Å². The molecule has 0 aromatic heterocycles. The third kappa shape index (κ3) is 1.64. The molecule has 2 heteroatoms. The zero-order valence-electron chi connectivity index (χ0n) is 9.28.